The van der Waals surface area contributed by atoms with E-state index in [0.717, 1.165) is 46.6 Å². The van der Waals surface area contributed by atoms with Gasteiger partial charge in [0, 0.05) is 24.1 Å². The van der Waals surface area contributed by atoms with Crippen LogP contribution >= 0.6 is 22.9 Å². The Hall–Kier alpha value is -2.63. The third-order valence-corrected chi connectivity index (χ3v) is 7.46. The fourth-order valence-electron chi connectivity index (χ4n) is 3.44. The maximum atomic E-state index is 9.71. The molecule has 0 aliphatic carbocycles. The minimum Gasteiger partial charge on any atom is -0.349 e. The van der Waals surface area contributed by atoms with E-state index in [0.29, 0.717) is 16.5 Å². The molecule has 2 heterocycles. The van der Waals surface area contributed by atoms with Gasteiger partial charge in [0.25, 0.3) is 0 Å². The minimum absolute atomic E-state index is 0.224. The van der Waals surface area contributed by atoms with Gasteiger partial charge in [-0.25, -0.2) is 4.98 Å². The van der Waals surface area contributed by atoms with Crippen LogP contribution in [0.2, 0.25) is 0 Å². The Morgan fingerprint density at radius 3 is 2.24 bits per heavy atom. The molecule has 33 heavy (non-hydrogen) atoms. The van der Waals surface area contributed by atoms with E-state index in [4.69, 9.17) is 4.98 Å². The first-order valence-electron chi connectivity index (χ1n) is 11.4. The standard InChI is InChI=1S/C25H32N6S2/c1-8-16(4)17-11-13-18(14-12-17)20-23(32-24(27-20)31(9-2)10-3)29-28-22-19(15-26)21(30-33-22)25(5,6)7/h11-14,16H,8-10H2,1-7H3. The molecule has 0 N–H and O–H groups in total. The minimum atomic E-state index is -0.224. The molecule has 0 amide bonds. The number of anilines is 1. The van der Waals surface area contributed by atoms with Crippen molar-refractivity contribution in [3.05, 3.63) is 41.1 Å². The van der Waals surface area contributed by atoms with E-state index in [-0.39, 0.29) is 5.41 Å². The van der Waals surface area contributed by atoms with Gasteiger partial charge in [0.05, 0.1) is 5.69 Å². The highest BCUT2D eigenvalue weighted by atomic mass is 32.1. The maximum absolute atomic E-state index is 9.71. The number of benzene rings is 1. The normalized spacial score (nSPS) is 12.8. The summed E-state index contributed by atoms with van der Waals surface area (Å²) in [5.74, 6) is 0.521. The Labute approximate surface area is 205 Å². The predicted molar refractivity (Wildman–Crippen MR) is 140 cm³/mol. The van der Waals surface area contributed by atoms with Crippen LogP contribution in [-0.2, 0) is 5.41 Å². The smallest absolute Gasteiger partial charge is 0.188 e. The zero-order valence-electron chi connectivity index (χ0n) is 20.5. The van der Waals surface area contributed by atoms with Crippen molar-refractivity contribution in [1.82, 2.24) is 9.36 Å². The molecule has 1 atom stereocenters. The third-order valence-electron chi connectivity index (χ3n) is 5.73. The predicted octanol–water partition coefficient (Wildman–Crippen LogP) is 8.21. The number of nitriles is 1. The summed E-state index contributed by atoms with van der Waals surface area (Å²) in [7, 11) is 0. The lowest BCUT2D eigenvalue weighted by Crippen LogP contribution is -2.21. The lowest BCUT2D eigenvalue weighted by Gasteiger charge is -2.16. The molecule has 174 valence electrons. The Morgan fingerprint density at radius 1 is 1.06 bits per heavy atom. The van der Waals surface area contributed by atoms with Gasteiger partial charge in [0.2, 0.25) is 0 Å². The molecule has 0 fully saturated rings. The Balaban J connectivity index is 2.04. The molecule has 0 aliphatic rings. The van der Waals surface area contributed by atoms with E-state index in [1.54, 1.807) is 0 Å². The highest BCUT2D eigenvalue weighted by Crippen LogP contribution is 2.42. The van der Waals surface area contributed by atoms with Crippen LogP contribution in [0.3, 0.4) is 0 Å². The first-order valence-corrected chi connectivity index (χ1v) is 13.0. The summed E-state index contributed by atoms with van der Waals surface area (Å²) >= 11 is 2.75. The Bertz CT molecular complexity index is 1140. The monoisotopic (exact) mass is 480 g/mol. The van der Waals surface area contributed by atoms with Gasteiger partial charge in [-0.3, -0.25) is 0 Å². The second kappa shape index (κ2) is 10.5. The van der Waals surface area contributed by atoms with E-state index < -0.39 is 0 Å². The fourth-order valence-corrected chi connectivity index (χ4v) is 5.34. The highest BCUT2D eigenvalue weighted by Gasteiger charge is 2.25. The summed E-state index contributed by atoms with van der Waals surface area (Å²) in [6, 6.07) is 10.9. The average molecular weight is 481 g/mol. The molecular weight excluding hydrogens is 448 g/mol. The SMILES string of the molecule is CCC(C)c1ccc(-c2nc(N(CC)CC)sc2N=Nc2snc(C(C)(C)C)c2C#N)cc1. The van der Waals surface area contributed by atoms with Gasteiger partial charge in [-0.2, -0.15) is 9.64 Å². The molecule has 0 radical (unpaired) electrons. The van der Waals surface area contributed by atoms with Crippen LogP contribution in [0.15, 0.2) is 34.5 Å². The molecule has 0 bridgehead atoms. The first kappa shape index (κ1) is 25.0. The van der Waals surface area contributed by atoms with E-state index in [1.807, 2.05) is 20.8 Å². The van der Waals surface area contributed by atoms with Gasteiger partial charge in [-0.1, -0.05) is 70.2 Å². The van der Waals surface area contributed by atoms with Gasteiger partial charge in [0.1, 0.15) is 17.3 Å². The second-order valence-corrected chi connectivity index (χ2v) is 10.7. The average Bonchev–Trinajstić information content (AvgIpc) is 3.42. The molecule has 2 aromatic heterocycles. The molecule has 6 nitrogen and oxygen atoms in total. The van der Waals surface area contributed by atoms with Crippen LogP contribution in [-0.4, -0.2) is 22.4 Å². The fraction of sp³-hybridized carbons (Fsp3) is 0.480. The quantitative estimate of drug-likeness (QED) is 0.304. The molecular formula is C25H32N6S2. The van der Waals surface area contributed by atoms with E-state index >= 15 is 0 Å². The molecule has 8 heteroatoms. The largest absolute Gasteiger partial charge is 0.349 e. The molecule has 0 saturated heterocycles. The maximum Gasteiger partial charge on any atom is 0.188 e. The number of thiazole rings is 1. The van der Waals surface area contributed by atoms with Crippen molar-refractivity contribution in [2.75, 3.05) is 18.0 Å². The number of hydrogen-bond acceptors (Lipinski definition) is 8. The van der Waals surface area contributed by atoms with Crippen molar-refractivity contribution in [2.24, 2.45) is 10.2 Å². The number of azo groups is 1. The second-order valence-electron chi connectivity index (χ2n) is 9.03. The van der Waals surface area contributed by atoms with Crippen molar-refractivity contribution in [2.45, 2.75) is 66.2 Å². The third kappa shape index (κ3) is 5.48. The Morgan fingerprint density at radius 2 is 1.70 bits per heavy atom. The van der Waals surface area contributed by atoms with Crippen molar-refractivity contribution in [3.8, 4) is 17.3 Å². The zero-order chi connectivity index (χ0) is 24.2. The molecule has 0 aliphatic heterocycles. The number of hydrogen-bond donors (Lipinski definition) is 0. The molecule has 1 unspecified atom stereocenters. The van der Waals surface area contributed by atoms with Gasteiger partial charge >= 0.3 is 0 Å². The molecule has 1 aromatic carbocycles. The lowest BCUT2D eigenvalue weighted by molar-refractivity contribution is 0.574. The first-order chi connectivity index (χ1) is 15.7. The zero-order valence-corrected chi connectivity index (χ0v) is 22.1. The lowest BCUT2D eigenvalue weighted by atomic mass is 9.90. The van der Waals surface area contributed by atoms with Crippen molar-refractivity contribution in [1.29, 1.82) is 5.26 Å². The van der Waals surface area contributed by atoms with Crippen molar-refractivity contribution >= 4 is 38.0 Å². The van der Waals surface area contributed by atoms with Gasteiger partial charge in [-0.15, -0.1) is 10.2 Å². The molecule has 3 rings (SSSR count). The van der Waals surface area contributed by atoms with Crippen LogP contribution in [0.1, 0.15) is 77.6 Å². The van der Waals surface area contributed by atoms with Crippen molar-refractivity contribution in [3.63, 3.8) is 0 Å². The highest BCUT2D eigenvalue weighted by molar-refractivity contribution is 7.19. The molecule has 0 saturated carbocycles. The molecule has 3 aromatic rings. The van der Waals surface area contributed by atoms with E-state index in [2.05, 4.69) is 77.5 Å². The Kier molecular flexibility index (Phi) is 7.98. The number of rotatable bonds is 8. The molecule has 0 spiro atoms. The summed E-state index contributed by atoms with van der Waals surface area (Å²) in [5.41, 5.74) is 4.20. The van der Waals surface area contributed by atoms with Gasteiger partial charge < -0.3 is 4.90 Å². The van der Waals surface area contributed by atoms with Crippen LogP contribution in [0, 0.1) is 11.3 Å². The summed E-state index contributed by atoms with van der Waals surface area (Å²) in [6.07, 6.45) is 1.11. The van der Waals surface area contributed by atoms with Crippen LogP contribution in [0.25, 0.3) is 11.3 Å². The van der Waals surface area contributed by atoms with Crippen LogP contribution in [0.5, 0.6) is 0 Å². The summed E-state index contributed by atoms with van der Waals surface area (Å²) in [5, 5.41) is 21.0. The van der Waals surface area contributed by atoms with Crippen LogP contribution < -0.4 is 4.90 Å². The summed E-state index contributed by atoms with van der Waals surface area (Å²) < 4.78 is 4.49. The van der Waals surface area contributed by atoms with Crippen molar-refractivity contribution < 1.29 is 0 Å². The number of aromatic nitrogens is 2. The summed E-state index contributed by atoms with van der Waals surface area (Å²) in [4.78, 5) is 7.14. The summed E-state index contributed by atoms with van der Waals surface area (Å²) in [6.45, 7) is 16.6. The van der Waals surface area contributed by atoms with Gasteiger partial charge in [0.15, 0.2) is 15.1 Å². The number of nitrogens with zero attached hydrogens (tertiary/aromatic N) is 6. The van der Waals surface area contributed by atoms with E-state index in [9.17, 15) is 5.26 Å². The topological polar surface area (TPSA) is 77.5 Å². The van der Waals surface area contributed by atoms with Gasteiger partial charge in [-0.05, 0) is 43.3 Å². The van der Waals surface area contributed by atoms with E-state index in [1.165, 1.54) is 28.4 Å². The van der Waals surface area contributed by atoms with Crippen LogP contribution in [0.4, 0.5) is 15.1 Å².